The van der Waals surface area contributed by atoms with E-state index in [0.29, 0.717) is 17.9 Å². The number of hydrogen-bond donors (Lipinski definition) is 4. The van der Waals surface area contributed by atoms with E-state index in [1.807, 2.05) is 49.5 Å². The Hall–Kier alpha value is -3.57. The summed E-state index contributed by atoms with van der Waals surface area (Å²) in [6.45, 7) is 3.51. The molecule has 160 valence electrons. The molecule has 3 aromatic carbocycles. The Balaban J connectivity index is 2.13. The average Bonchev–Trinajstić information content (AvgIpc) is 2.79. The number of nitrogen functional groups attached to an aromatic ring is 1. The van der Waals surface area contributed by atoms with Crippen LogP contribution in [0.4, 0.5) is 5.69 Å². The molecule has 0 heterocycles. The van der Waals surface area contributed by atoms with Gasteiger partial charge < -0.3 is 26.3 Å². The Morgan fingerprint density at radius 2 is 1.61 bits per heavy atom. The fourth-order valence-corrected chi connectivity index (χ4v) is 3.54. The first-order chi connectivity index (χ1) is 15.1. The monoisotopic (exact) mass is 415 g/mol. The van der Waals surface area contributed by atoms with Crippen LogP contribution in [0.5, 0.6) is 11.5 Å². The van der Waals surface area contributed by atoms with Crippen molar-refractivity contribution in [1.29, 1.82) is 5.41 Å². The number of anilines is 1. The number of nitrogens with two attached hydrogens (primary N) is 1. The van der Waals surface area contributed by atoms with Crippen LogP contribution in [0.2, 0.25) is 0 Å². The van der Waals surface area contributed by atoms with Gasteiger partial charge in [-0.25, -0.2) is 0 Å². The molecule has 0 saturated carbocycles. The fourth-order valence-electron chi connectivity index (χ4n) is 3.54. The highest BCUT2D eigenvalue weighted by Crippen LogP contribution is 2.36. The summed E-state index contributed by atoms with van der Waals surface area (Å²) in [5.74, 6) is 1.05. The second kappa shape index (κ2) is 10.5. The highest BCUT2D eigenvalue weighted by molar-refractivity contribution is 6.00. The zero-order valence-electron chi connectivity index (χ0n) is 18.0. The zero-order valence-corrected chi connectivity index (χ0v) is 18.0. The van der Waals surface area contributed by atoms with Crippen LogP contribution >= 0.6 is 0 Å². The highest BCUT2D eigenvalue weighted by Gasteiger charge is 2.14. The van der Waals surface area contributed by atoms with Crippen LogP contribution in [0, 0.1) is 5.41 Å². The van der Waals surface area contributed by atoms with Crippen molar-refractivity contribution in [3.05, 3.63) is 89.0 Å². The lowest BCUT2D eigenvalue weighted by Crippen LogP contribution is -2.15. The van der Waals surface area contributed by atoms with Crippen molar-refractivity contribution >= 4 is 23.0 Å². The molecule has 0 radical (unpaired) electrons. The number of ether oxygens (including phenoxy) is 1. The van der Waals surface area contributed by atoms with E-state index < -0.39 is 0 Å². The van der Waals surface area contributed by atoms with Crippen molar-refractivity contribution in [2.24, 2.45) is 0 Å². The molecular formula is C26H29N3O2. The number of hydrogen-bond acceptors (Lipinski definition) is 5. The molecule has 0 aromatic heterocycles. The quantitative estimate of drug-likeness (QED) is 0.172. The Morgan fingerprint density at radius 1 is 1.00 bits per heavy atom. The summed E-state index contributed by atoms with van der Waals surface area (Å²) < 4.78 is 5.77. The van der Waals surface area contributed by atoms with E-state index in [2.05, 4.69) is 24.4 Å². The van der Waals surface area contributed by atoms with Gasteiger partial charge in [-0.05, 0) is 77.7 Å². The van der Waals surface area contributed by atoms with Gasteiger partial charge in [-0.15, -0.1) is 0 Å². The summed E-state index contributed by atoms with van der Waals surface area (Å²) >= 11 is 0. The fraction of sp³-hybridized carbons (Fsp3) is 0.192. The zero-order chi connectivity index (χ0) is 22.2. The standard InChI is InChI=1S/C26H29N3O2/c1-3-24(20-8-13-25(28)21(16-20)17-27)26(18-4-9-22(30)10-5-18)19-6-11-23(12-7-19)31-15-14-29-2/h4-13,16-17,27,29-30H,3,14-15,28H2,1-2H3/b26-24-,27-17?. The Bertz CT molecular complexity index is 1060. The topological polar surface area (TPSA) is 91.4 Å². The van der Waals surface area contributed by atoms with Crippen molar-refractivity contribution in [2.45, 2.75) is 13.3 Å². The largest absolute Gasteiger partial charge is 0.508 e. The number of benzene rings is 3. The summed E-state index contributed by atoms with van der Waals surface area (Å²) in [5, 5.41) is 20.5. The molecule has 31 heavy (non-hydrogen) atoms. The first-order valence-corrected chi connectivity index (χ1v) is 10.4. The molecule has 0 aliphatic carbocycles. The molecule has 5 heteroatoms. The van der Waals surface area contributed by atoms with Gasteiger partial charge in [0.25, 0.3) is 0 Å². The minimum atomic E-state index is 0.230. The smallest absolute Gasteiger partial charge is 0.119 e. The maximum atomic E-state index is 9.78. The van der Waals surface area contributed by atoms with E-state index in [9.17, 15) is 5.11 Å². The van der Waals surface area contributed by atoms with E-state index in [-0.39, 0.29) is 5.75 Å². The van der Waals surface area contributed by atoms with Gasteiger partial charge in [-0.2, -0.15) is 0 Å². The molecule has 0 bridgehead atoms. The third kappa shape index (κ3) is 5.32. The Labute approximate surface area is 183 Å². The molecule has 5 N–H and O–H groups in total. The Morgan fingerprint density at radius 3 is 2.19 bits per heavy atom. The second-order valence-electron chi connectivity index (χ2n) is 7.22. The molecule has 0 spiro atoms. The maximum absolute atomic E-state index is 9.78. The van der Waals surface area contributed by atoms with Gasteiger partial charge in [-0.1, -0.05) is 37.3 Å². The first kappa shape index (κ1) is 22.1. The number of aromatic hydroxyl groups is 1. The molecule has 0 saturated heterocycles. The molecule has 3 rings (SSSR count). The number of phenols is 1. The van der Waals surface area contributed by atoms with E-state index in [0.717, 1.165) is 46.6 Å². The maximum Gasteiger partial charge on any atom is 0.119 e. The van der Waals surface area contributed by atoms with Crippen molar-refractivity contribution in [3.63, 3.8) is 0 Å². The van der Waals surface area contributed by atoms with Gasteiger partial charge in [0, 0.05) is 24.0 Å². The molecule has 0 atom stereocenters. The van der Waals surface area contributed by atoms with Crippen molar-refractivity contribution in [1.82, 2.24) is 5.32 Å². The number of rotatable bonds is 9. The van der Waals surface area contributed by atoms with Crippen LogP contribution in [0.15, 0.2) is 66.7 Å². The second-order valence-corrected chi connectivity index (χ2v) is 7.22. The first-order valence-electron chi connectivity index (χ1n) is 10.4. The van der Waals surface area contributed by atoms with Crippen LogP contribution in [0.3, 0.4) is 0 Å². The van der Waals surface area contributed by atoms with E-state index in [1.165, 1.54) is 6.21 Å². The van der Waals surface area contributed by atoms with Gasteiger partial charge in [-0.3, -0.25) is 0 Å². The van der Waals surface area contributed by atoms with Gasteiger partial charge >= 0.3 is 0 Å². The van der Waals surface area contributed by atoms with Crippen molar-refractivity contribution in [2.75, 3.05) is 25.9 Å². The van der Waals surface area contributed by atoms with Crippen molar-refractivity contribution < 1.29 is 9.84 Å². The minimum Gasteiger partial charge on any atom is -0.508 e. The minimum absolute atomic E-state index is 0.230. The number of likely N-dealkylation sites (N-methyl/N-ethyl adjacent to an activating group) is 1. The van der Waals surface area contributed by atoms with Crippen LogP contribution in [-0.2, 0) is 0 Å². The molecule has 0 fully saturated rings. The molecule has 0 aliphatic rings. The normalized spacial score (nSPS) is 11.7. The summed E-state index contributed by atoms with van der Waals surface area (Å²) in [6, 6.07) is 21.1. The third-order valence-corrected chi connectivity index (χ3v) is 5.17. The van der Waals surface area contributed by atoms with Gasteiger partial charge in [0.2, 0.25) is 0 Å². The van der Waals surface area contributed by atoms with E-state index >= 15 is 0 Å². The average molecular weight is 416 g/mol. The lowest BCUT2D eigenvalue weighted by Gasteiger charge is -2.18. The summed E-state index contributed by atoms with van der Waals surface area (Å²) in [5.41, 5.74) is 12.6. The number of phenolic OH excluding ortho intramolecular Hbond substituents is 1. The van der Waals surface area contributed by atoms with Crippen LogP contribution in [-0.4, -0.2) is 31.5 Å². The van der Waals surface area contributed by atoms with Gasteiger partial charge in [0.1, 0.15) is 18.1 Å². The van der Waals surface area contributed by atoms with E-state index in [1.54, 1.807) is 12.1 Å². The van der Waals surface area contributed by atoms with Crippen LogP contribution < -0.4 is 15.8 Å². The summed E-state index contributed by atoms with van der Waals surface area (Å²) in [6.07, 6.45) is 2.07. The highest BCUT2D eigenvalue weighted by atomic mass is 16.5. The molecule has 3 aromatic rings. The molecular weight excluding hydrogens is 386 g/mol. The van der Waals surface area contributed by atoms with E-state index in [4.69, 9.17) is 15.9 Å². The SMILES string of the molecule is CC/C(=C(\c1ccc(O)cc1)c1ccc(OCCNC)cc1)c1ccc(N)c(C=N)c1. The van der Waals surface area contributed by atoms with Crippen LogP contribution in [0.1, 0.15) is 35.6 Å². The predicted molar refractivity (Wildman–Crippen MR) is 129 cm³/mol. The molecule has 0 unspecified atom stereocenters. The predicted octanol–water partition coefficient (Wildman–Crippen LogP) is 4.94. The summed E-state index contributed by atoms with van der Waals surface area (Å²) in [4.78, 5) is 0. The van der Waals surface area contributed by atoms with Crippen molar-refractivity contribution in [3.8, 4) is 11.5 Å². The molecule has 0 aliphatic heterocycles. The lowest BCUT2D eigenvalue weighted by atomic mass is 9.87. The van der Waals surface area contributed by atoms with Crippen LogP contribution in [0.25, 0.3) is 11.1 Å². The van der Waals surface area contributed by atoms with Gasteiger partial charge in [0.05, 0.1) is 0 Å². The summed E-state index contributed by atoms with van der Waals surface area (Å²) in [7, 11) is 1.90. The molecule has 5 nitrogen and oxygen atoms in total. The third-order valence-electron chi connectivity index (χ3n) is 5.17. The number of nitrogens with one attached hydrogen (secondary N) is 2. The Kier molecular flexibility index (Phi) is 7.46. The van der Waals surface area contributed by atoms with Gasteiger partial charge in [0.15, 0.2) is 0 Å². The molecule has 0 amide bonds. The lowest BCUT2D eigenvalue weighted by molar-refractivity contribution is 0.318. The number of allylic oxidation sites excluding steroid dienone is 1.